The number of carbonyl (C=O) groups is 2. The summed E-state index contributed by atoms with van der Waals surface area (Å²) in [6.45, 7) is 1.85. The van der Waals surface area contributed by atoms with Crippen LogP contribution < -0.4 is 4.90 Å². The average molecular weight is 599 g/mol. The van der Waals surface area contributed by atoms with Gasteiger partial charge in [0.1, 0.15) is 6.04 Å². The number of esters is 1. The molecule has 0 bridgehead atoms. The van der Waals surface area contributed by atoms with Crippen LogP contribution in [0.25, 0.3) is 6.08 Å². The van der Waals surface area contributed by atoms with Gasteiger partial charge in [-0.2, -0.15) is 10.5 Å². The lowest BCUT2D eigenvalue weighted by Gasteiger charge is -2.38. The van der Waals surface area contributed by atoms with E-state index in [1.807, 2.05) is 71.6 Å². The van der Waals surface area contributed by atoms with Crippen LogP contribution in [-0.2, 0) is 9.53 Å². The summed E-state index contributed by atoms with van der Waals surface area (Å²) in [5, 5.41) is 21.4. The summed E-state index contributed by atoms with van der Waals surface area (Å²) in [7, 11) is 0. The lowest BCUT2D eigenvalue weighted by Crippen LogP contribution is -2.48. The van der Waals surface area contributed by atoms with Crippen LogP contribution in [0.4, 0.5) is 5.69 Å². The maximum Gasteiger partial charge on any atom is 0.336 e. The Morgan fingerprint density at radius 2 is 1.62 bits per heavy atom. The molecule has 2 aliphatic heterocycles. The third-order valence-corrected chi connectivity index (χ3v) is 7.79. The molecule has 0 saturated carbocycles. The Bertz CT molecular complexity index is 1470. The molecule has 0 spiro atoms. The molecule has 0 aromatic heterocycles. The third kappa shape index (κ3) is 3.91. The monoisotopic (exact) mass is 599 g/mol. The standard InChI is InChI=1S/C30H22IN3O3/c1-2-37-29(36)23-16-21-10-6-7-11-24(21)34-26(27(35)20-12-14-22(31)15-13-20)25(19-8-4-3-5-9-19)30(17-32,18-33)28(23)34/h3-16,25-26,28H,2H2,1H3. The van der Waals surface area contributed by atoms with Crippen LogP contribution in [0.5, 0.6) is 0 Å². The zero-order valence-corrected chi connectivity index (χ0v) is 22.1. The highest BCUT2D eigenvalue weighted by Crippen LogP contribution is 2.57. The van der Waals surface area contributed by atoms with Crippen molar-refractivity contribution in [3.05, 3.63) is 105 Å². The number of fused-ring (bicyclic) bond motifs is 3. The molecule has 2 heterocycles. The molecule has 0 radical (unpaired) electrons. The minimum absolute atomic E-state index is 0.143. The SMILES string of the molecule is CCOC(=O)C1=Cc2ccccc2N2C(C(=O)c3ccc(I)cc3)C(c3ccccc3)C(C#N)(C#N)C12. The first-order valence-electron chi connectivity index (χ1n) is 11.9. The quantitative estimate of drug-likeness (QED) is 0.218. The Balaban J connectivity index is 1.83. The van der Waals surface area contributed by atoms with Gasteiger partial charge in [0, 0.05) is 20.7 Å². The number of para-hydroxylation sites is 1. The molecular weight excluding hydrogens is 577 g/mol. The van der Waals surface area contributed by atoms with E-state index in [-0.39, 0.29) is 18.0 Å². The van der Waals surface area contributed by atoms with Crippen molar-refractivity contribution in [2.75, 3.05) is 11.5 Å². The molecule has 1 saturated heterocycles. The number of hydrogen-bond acceptors (Lipinski definition) is 6. The van der Waals surface area contributed by atoms with Crippen molar-refractivity contribution in [3.8, 4) is 12.1 Å². The Labute approximate surface area is 228 Å². The summed E-state index contributed by atoms with van der Waals surface area (Å²) in [6, 6.07) is 26.5. The molecule has 6 nitrogen and oxygen atoms in total. The van der Waals surface area contributed by atoms with Crippen molar-refractivity contribution < 1.29 is 14.3 Å². The molecule has 3 aromatic rings. The molecule has 2 aliphatic rings. The number of rotatable bonds is 5. The zero-order valence-electron chi connectivity index (χ0n) is 20.0. The lowest BCUT2D eigenvalue weighted by molar-refractivity contribution is -0.138. The largest absolute Gasteiger partial charge is 0.463 e. The molecule has 182 valence electrons. The van der Waals surface area contributed by atoms with E-state index in [0.717, 1.165) is 9.13 Å². The fourth-order valence-electron chi connectivity index (χ4n) is 5.57. The van der Waals surface area contributed by atoms with Crippen molar-refractivity contribution in [1.29, 1.82) is 10.5 Å². The molecule has 7 heteroatoms. The minimum Gasteiger partial charge on any atom is -0.463 e. The summed E-state index contributed by atoms with van der Waals surface area (Å²) in [5.74, 6) is -1.65. The van der Waals surface area contributed by atoms with Gasteiger partial charge in [-0.25, -0.2) is 4.79 Å². The van der Waals surface area contributed by atoms with Crippen molar-refractivity contribution in [2.45, 2.75) is 24.9 Å². The van der Waals surface area contributed by atoms with E-state index in [1.165, 1.54) is 0 Å². The van der Waals surface area contributed by atoms with Gasteiger partial charge in [0.2, 0.25) is 0 Å². The number of anilines is 1. The number of halogens is 1. The van der Waals surface area contributed by atoms with E-state index >= 15 is 0 Å². The third-order valence-electron chi connectivity index (χ3n) is 7.07. The molecule has 1 fully saturated rings. The molecule has 3 atom stereocenters. The highest BCUT2D eigenvalue weighted by atomic mass is 127. The number of ether oxygens (including phenoxy) is 1. The van der Waals surface area contributed by atoms with Gasteiger partial charge in [0.15, 0.2) is 11.2 Å². The van der Waals surface area contributed by atoms with Crippen LogP contribution in [0, 0.1) is 31.6 Å². The smallest absolute Gasteiger partial charge is 0.336 e. The van der Waals surface area contributed by atoms with E-state index < -0.39 is 29.4 Å². The Kier molecular flexibility index (Phi) is 6.57. The van der Waals surface area contributed by atoms with Crippen molar-refractivity contribution >= 4 is 46.1 Å². The van der Waals surface area contributed by atoms with Crippen LogP contribution in [0.2, 0.25) is 0 Å². The van der Waals surface area contributed by atoms with Crippen LogP contribution in [0.1, 0.15) is 34.3 Å². The number of carbonyl (C=O) groups excluding carboxylic acids is 2. The van der Waals surface area contributed by atoms with E-state index in [2.05, 4.69) is 34.7 Å². The van der Waals surface area contributed by atoms with Crippen LogP contribution in [0.3, 0.4) is 0 Å². The topological polar surface area (TPSA) is 94.2 Å². The number of hydrogen-bond donors (Lipinski definition) is 0. The van der Waals surface area contributed by atoms with E-state index in [9.17, 15) is 20.1 Å². The van der Waals surface area contributed by atoms with Crippen LogP contribution in [0.15, 0.2) is 84.4 Å². The first-order valence-corrected chi connectivity index (χ1v) is 13.0. The number of nitriles is 2. The molecule has 3 unspecified atom stereocenters. The van der Waals surface area contributed by atoms with Crippen LogP contribution >= 0.6 is 22.6 Å². The summed E-state index contributed by atoms with van der Waals surface area (Å²) < 4.78 is 6.37. The fraction of sp³-hybridized carbons (Fsp3) is 0.200. The molecule has 5 rings (SSSR count). The second-order valence-electron chi connectivity index (χ2n) is 8.99. The number of ketones is 1. The van der Waals surface area contributed by atoms with Crippen molar-refractivity contribution in [3.63, 3.8) is 0 Å². The van der Waals surface area contributed by atoms with Gasteiger partial charge in [0.25, 0.3) is 0 Å². The van der Waals surface area contributed by atoms with Crippen molar-refractivity contribution in [1.82, 2.24) is 0 Å². The molecule has 37 heavy (non-hydrogen) atoms. The molecule has 0 N–H and O–H groups in total. The first kappa shape index (κ1) is 24.7. The number of Topliss-reactive ketones (excluding diaryl/α,β-unsaturated/α-hetero) is 1. The number of benzene rings is 3. The molecule has 0 aliphatic carbocycles. The van der Waals surface area contributed by atoms with Gasteiger partial charge in [-0.15, -0.1) is 0 Å². The Morgan fingerprint density at radius 1 is 0.973 bits per heavy atom. The molecule has 3 aromatic carbocycles. The maximum atomic E-state index is 14.3. The summed E-state index contributed by atoms with van der Waals surface area (Å²) >= 11 is 2.18. The average Bonchev–Trinajstić information content (AvgIpc) is 3.25. The molecular formula is C30H22IN3O3. The van der Waals surface area contributed by atoms with Gasteiger partial charge < -0.3 is 9.64 Å². The zero-order chi connectivity index (χ0) is 26.2. The predicted octanol–water partition coefficient (Wildman–Crippen LogP) is 5.51. The number of nitrogens with zero attached hydrogens (tertiary/aromatic N) is 3. The van der Waals surface area contributed by atoms with Crippen molar-refractivity contribution in [2.24, 2.45) is 5.41 Å². The second-order valence-corrected chi connectivity index (χ2v) is 10.2. The highest BCUT2D eigenvalue weighted by molar-refractivity contribution is 14.1. The van der Waals surface area contributed by atoms with E-state index in [4.69, 9.17) is 4.74 Å². The highest BCUT2D eigenvalue weighted by Gasteiger charge is 2.66. The van der Waals surface area contributed by atoms with Gasteiger partial charge in [0.05, 0.1) is 30.4 Å². The summed E-state index contributed by atoms with van der Waals surface area (Å²) in [6.07, 6.45) is 1.69. The van der Waals surface area contributed by atoms with Gasteiger partial charge in [-0.3, -0.25) is 4.79 Å². The normalized spacial score (nSPS) is 21.0. The lowest BCUT2D eigenvalue weighted by atomic mass is 9.67. The minimum atomic E-state index is -1.74. The second kappa shape index (κ2) is 9.84. The summed E-state index contributed by atoms with van der Waals surface area (Å²) in [5.41, 5.74) is 1.03. The summed E-state index contributed by atoms with van der Waals surface area (Å²) in [4.78, 5) is 29.4. The first-order chi connectivity index (χ1) is 18.0. The van der Waals surface area contributed by atoms with Crippen LogP contribution in [-0.4, -0.2) is 30.4 Å². The van der Waals surface area contributed by atoms with E-state index in [0.29, 0.717) is 16.8 Å². The molecule has 0 amide bonds. The Hall–Kier alpha value is -3.95. The van der Waals surface area contributed by atoms with Gasteiger partial charge in [-0.1, -0.05) is 60.7 Å². The van der Waals surface area contributed by atoms with E-state index in [1.54, 1.807) is 25.1 Å². The maximum absolute atomic E-state index is 14.3. The Morgan fingerprint density at radius 3 is 2.27 bits per heavy atom. The van der Waals surface area contributed by atoms with Gasteiger partial charge in [-0.05, 0) is 64.9 Å². The van der Waals surface area contributed by atoms with Gasteiger partial charge >= 0.3 is 5.97 Å². The predicted molar refractivity (Wildman–Crippen MR) is 147 cm³/mol. The fourth-order valence-corrected chi connectivity index (χ4v) is 5.93.